The van der Waals surface area contributed by atoms with Gasteiger partial charge in [0.2, 0.25) is 0 Å². The summed E-state index contributed by atoms with van der Waals surface area (Å²) in [6.45, 7) is 1.81. The van der Waals surface area contributed by atoms with Crippen molar-refractivity contribution in [3.63, 3.8) is 0 Å². The van der Waals surface area contributed by atoms with Crippen molar-refractivity contribution < 1.29 is 9.90 Å². The smallest absolute Gasteiger partial charge is 0.180 e. The zero-order chi connectivity index (χ0) is 24.7. The lowest BCUT2D eigenvalue weighted by Gasteiger charge is -2.04. The van der Waals surface area contributed by atoms with Crippen molar-refractivity contribution in [2.45, 2.75) is 13.3 Å². The first kappa shape index (κ1) is 22.0. The number of aryl methyl sites for hydroxylation is 1. The summed E-state index contributed by atoms with van der Waals surface area (Å²) in [7, 11) is 1.74. The number of rotatable bonds is 6. The van der Waals surface area contributed by atoms with Gasteiger partial charge in [0.05, 0.1) is 11.0 Å². The second kappa shape index (κ2) is 8.53. The number of aromatic hydroxyl groups is 1. The van der Waals surface area contributed by atoms with Crippen LogP contribution in [0, 0.1) is 5.41 Å². The molecule has 0 fully saturated rings. The van der Waals surface area contributed by atoms with Gasteiger partial charge in [0.25, 0.3) is 0 Å². The molecular weight excluding hydrogens is 442 g/mol. The Hall–Kier alpha value is -4.79. The monoisotopic (exact) mass is 465 g/mol. The summed E-state index contributed by atoms with van der Waals surface area (Å²) in [5, 5.41) is 23.2. The number of benzene rings is 2. The largest absolute Gasteiger partial charge is 0.504 e. The standard InChI is InChI=1S/C26H23N7O2/c1-3-21(34)19-11-9-17(13-29-19)14-4-6-15(7-5-14)22-24(35)23(33(2)32-22)26-30-18-10-8-16(25(27)28)12-20(18)31-26/h4-13,35H,3H2,1-2H3,(H3,27,28)(H,30,31). The molecule has 0 saturated heterocycles. The van der Waals surface area contributed by atoms with Crippen LogP contribution in [0.25, 0.3) is 44.9 Å². The number of Topliss-reactive ketones (excluding diaryl/α,β-unsaturated/α-hetero) is 1. The summed E-state index contributed by atoms with van der Waals surface area (Å²) in [5.41, 5.74) is 11.5. The summed E-state index contributed by atoms with van der Waals surface area (Å²) in [4.78, 5) is 23.8. The molecule has 0 atom stereocenters. The average Bonchev–Trinajstić information content (AvgIpc) is 3.42. The lowest BCUT2D eigenvalue weighted by atomic mass is 10.0. The van der Waals surface area contributed by atoms with Crippen molar-refractivity contribution in [1.82, 2.24) is 24.7 Å². The van der Waals surface area contributed by atoms with Gasteiger partial charge in [-0.25, -0.2) is 4.98 Å². The van der Waals surface area contributed by atoms with E-state index in [-0.39, 0.29) is 17.4 Å². The SMILES string of the molecule is CCC(=O)c1ccc(-c2ccc(-c3nn(C)c(-c4nc5ccc(C(=N)N)cc5[nH]4)c3O)cc2)cn1. The van der Waals surface area contributed by atoms with Gasteiger partial charge in [0.15, 0.2) is 17.4 Å². The number of carbonyl (C=O) groups is 1. The molecule has 0 amide bonds. The van der Waals surface area contributed by atoms with Gasteiger partial charge in [0.1, 0.15) is 22.9 Å². The Labute approximate surface area is 200 Å². The van der Waals surface area contributed by atoms with Crippen LogP contribution in [0.1, 0.15) is 29.4 Å². The number of amidine groups is 1. The number of H-pyrrole nitrogens is 1. The fraction of sp³-hybridized carbons (Fsp3) is 0.115. The van der Waals surface area contributed by atoms with Gasteiger partial charge in [-0.05, 0) is 29.8 Å². The molecule has 3 aromatic heterocycles. The van der Waals surface area contributed by atoms with Crippen molar-refractivity contribution in [2.24, 2.45) is 12.8 Å². The number of nitrogen functional groups attached to an aromatic ring is 1. The van der Waals surface area contributed by atoms with Gasteiger partial charge in [-0.15, -0.1) is 0 Å². The van der Waals surface area contributed by atoms with Gasteiger partial charge in [-0.1, -0.05) is 37.3 Å². The van der Waals surface area contributed by atoms with Crippen LogP contribution in [0.5, 0.6) is 5.75 Å². The molecule has 2 aromatic carbocycles. The molecule has 9 heteroatoms. The summed E-state index contributed by atoms with van der Waals surface area (Å²) < 4.78 is 1.58. The van der Waals surface area contributed by atoms with E-state index in [2.05, 4.69) is 20.1 Å². The highest BCUT2D eigenvalue weighted by atomic mass is 16.3. The molecule has 0 aliphatic carbocycles. The van der Waals surface area contributed by atoms with E-state index in [4.69, 9.17) is 11.1 Å². The molecule has 0 spiro atoms. The third-order valence-electron chi connectivity index (χ3n) is 5.90. The molecule has 174 valence electrons. The Kier molecular flexibility index (Phi) is 5.37. The van der Waals surface area contributed by atoms with E-state index in [1.165, 1.54) is 0 Å². The van der Waals surface area contributed by atoms with Gasteiger partial charge >= 0.3 is 0 Å². The number of imidazole rings is 1. The molecule has 35 heavy (non-hydrogen) atoms. The van der Waals surface area contributed by atoms with Crippen LogP contribution < -0.4 is 5.73 Å². The Morgan fingerprint density at radius 2 is 1.80 bits per heavy atom. The summed E-state index contributed by atoms with van der Waals surface area (Å²) in [6.07, 6.45) is 2.11. The minimum Gasteiger partial charge on any atom is -0.504 e. The van der Waals surface area contributed by atoms with Gasteiger partial charge in [-0.3, -0.25) is 19.9 Å². The number of carbonyl (C=O) groups excluding carboxylic acids is 1. The van der Waals surface area contributed by atoms with E-state index in [1.807, 2.05) is 37.3 Å². The van der Waals surface area contributed by atoms with Crippen LogP contribution in [0.15, 0.2) is 60.8 Å². The van der Waals surface area contributed by atoms with Gasteiger partial charge < -0.3 is 15.8 Å². The summed E-state index contributed by atoms with van der Waals surface area (Å²) in [5.74, 6) is 0.453. The molecule has 0 unspecified atom stereocenters. The third-order valence-corrected chi connectivity index (χ3v) is 5.90. The van der Waals surface area contributed by atoms with Crippen LogP contribution in [-0.2, 0) is 7.05 Å². The number of aromatic nitrogens is 5. The van der Waals surface area contributed by atoms with Crippen LogP contribution in [0.4, 0.5) is 0 Å². The van der Waals surface area contributed by atoms with Crippen LogP contribution in [0.3, 0.4) is 0 Å². The number of aromatic amines is 1. The number of nitrogens with one attached hydrogen (secondary N) is 2. The van der Waals surface area contributed by atoms with Crippen molar-refractivity contribution in [3.8, 4) is 39.7 Å². The number of hydrogen-bond donors (Lipinski definition) is 4. The molecule has 5 aromatic rings. The van der Waals surface area contributed by atoms with E-state index in [9.17, 15) is 9.90 Å². The quantitative estimate of drug-likeness (QED) is 0.167. The highest BCUT2D eigenvalue weighted by Gasteiger charge is 2.21. The number of nitrogens with zero attached hydrogens (tertiary/aromatic N) is 4. The zero-order valence-corrected chi connectivity index (χ0v) is 19.2. The molecule has 0 saturated carbocycles. The predicted molar refractivity (Wildman–Crippen MR) is 134 cm³/mol. The fourth-order valence-electron chi connectivity index (χ4n) is 3.99. The van der Waals surface area contributed by atoms with E-state index >= 15 is 0 Å². The summed E-state index contributed by atoms with van der Waals surface area (Å²) >= 11 is 0. The maximum absolute atomic E-state index is 11.8. The van der Waals surface area contributed by atoms with Crippen molar-refractivity contribution in [1.29, 1.82) is 5.41 Å². The maximum atomic E-state index is 11.8. The van der Waals surface area contributed by atoms with E-state index in [0.29, 0.717) is 45.9 Å². The lowest BCUT2D eigenvalue weighted by molar-refractivity contribution is 0.0983. The molecule has 0 radical (unpaired) electrons. The number of pyridine rings is 1. The third kappa shape index (κ3) is 3.93. The summed E-state index contributed by atoms with van der Waals surface area (Å²) in [6, 6.07) is 16.5. The molecule has 3 heterocycles. The minimum absolute atomic E-state index is 0.00944. The molecule has 5 N–H and O–H groups in total. The first-order valence-corrected chi connectivity index (χ1v) is 11.1. The van der Waals surface area contributed by atoms with Crippen LogP contribution >= 0.6 is 0 Å². The van der Waals surface area contributed by atoms with E-state index in [1.54, 1.807) is 42.2 Å². The first-order valence-electron chi connectivity index (χ1n) is 11.1. The van der Waals surface area contributed by atoms with Gasteiger partial charge in [-0.2, -0.15) is 5.10 Å². The van der Waals surface area contributed by atoms with Crippen molar-refractivity contribution in [3.05, 3.63) is 72.1 Å². The molecule has 9 nitrogen and oxygen atoms in total. The van der Waals surface area contributed by atoms with Gasteiger partial charge in [0, 0.05) is 36.4 Å². The van der Waals surface area contributed by atoms with E-state index in [0.717, 1.165) is 16.7 Å². The van der Waals surface area contributed by atoms with Crippen LogP contribution in [-0.4, -0.2) is 41.5 Å². The maximum Gasteiger partial charge on any atom is 0.180 e. The molecule has 0 aliphatic heterocycles. The number of ketones is 1. The Bertz CT molecular complexity index is 1580. The first-order chi connectivity index (χ1) is 16.9. The zero-order valence-electron chi connectivity index (χ0n) is 19.2. The highest BCUT2D eigenvalue weighted by molar-refractivity contribution is 5.98. The van der Waals surface area contributed by atoms with Crippen molar-refractivity contribution >= 4 is 22.7 Å². The topological polar surface area (TPSA) is 147 Å². The van der Waals surface area contributed by atoms with Crippen LogP contribution in [0.2, 0.25) is 0 Å². The normalized spacial score (nSPS) is 11.1. The second-order valence-corrected chi connectivity index (χ2v) is 8.19. The lowest BCUT2D eigenvalue weighted by Crippen LogP contribution is -2.10. The number of fused-ring (bicyclic) bond motifs is 1. The Morgan fingerprint density at radius 1 is 1.09 bits per heavy atom. The number of hydrogen-bond acceptors (Lipinski definition) is 6. The average molecular weight is 466 g/mol. The molecule has 5 rings (SSSR count). The minimum atomic E-state index is -0.0293. The predicted octanol–water partition coefficient (Wildman–Crippen LogP) is 4.27. The number of nitrogens with two attached hydrogens (primary N) is 1. The van der Waals surface area contributed by atoms with E-state index < -0.39 is 0 Å². The Balaban J connectivity index is 1.46. The highest BCUT2D eigenvalue weighted by Crippen LogP contribution is 2.37. The molecule has 0 aliphatic rings. The molecular formula is C26H23N7O2. The Morgan fingerprint density at radius 3 is 2.46 bits per heavy atom. The molecule has 0 bridgehead atoms. The van der Waals surface area contributed by atoms with Crippen molar-refractivity contribution in [2.75, 3.05) is 0 Å². The fourth-order valence-corrected chi connectivity index (χ4v) is 3.99. The second-order valence-electron chi connectivity index (χ2n) is 8.19.